The van der Waals surface area contributed by atoms with Gasteiger partial charge in [-0.15, -0.1) is 0 Å². The lowest BCUT2D eigenvalue weighted by molar-refractivity contribution is -0.120. The summed E-state index contributed by atoms with van der Waals surface area (Å²) in [6, 6.07) is 14.9. The van der Waals surface area contributed by atoms with E-state index in [1.807, 2.05) is 18.3 Å². The van der Waals surface area contributed by atoms with Crippen LogP contribution in [-0.2, 0) is 11.2 Å². The van der Waals surface area contributed by atoms with Crippen LogP contribution in [-0.4, -0.2) is 16.9 Å². The minimum absolute atomic E-state index is 0.0589. The summed E-state index contributed by atoms with van der Waals surface area (Å²) in [6.07, 6.45) is 4.32. The molecule has 0 spiro atoms. The lowest BCUT2D eigenvalue weighted by Gasteiger charge is -2.34. The molecule has 35 heavy (non-hydrogen) atoms. The number of amides is 1. The zero-order valence-electron chi connectivity index (χ0n) is 24.8. The fourth-order valence-corrected chi connectivity index (χ4v) is 4.41. The zero-order valence-corrected chi connectivity index (χ0v) is 24.8. The molecule has 1 unspecified atom stereocenters. The van der Waals surface area contributed by atoms with Gasteiger partial charge in [-0.05, 0) is 65.7 Å². The Balaban J connectivity index is 0.000000540. The van der Waals surface area contributed by atoms with Gasteiger partial charge in [0.2, 0.25) is 5.91 Å². The third-order valence-corrected chi connectivity index (χ3v) is 5.43. The van der Waals surface area contributed by atoms with E-state index in [0.717, 1.165) is 24.0 Å². The van der Waals surface area contributed by atoms with E-state index in [9.17, 15) is 4.79 Å². The first-order valence-corrected chi connectivity index (χ1v) is 13.4. The molecule has 198 valence electrons. The van der Waals surface area contributed by atoms with Gasteiger partial charge in [0.15, 0.2) is 0 Å². The SMILES string of the molecule is CC(=O)NC(C(C)C)C(C)(C)C.CC(C)CC(C)C.CC(C)Cc1cccc(-c2ccccn2)c1. The van der Waals surface area contributed by atoms with Crippen molar-refractivity contribution in [3.63, 3.8) is 0 Å². The maximum atomic E-state index is 10.9. The fraction of sp³-hybridized carbons (Fsp3) is 0.625. The number of nitrogens with zero attached hydrogens (tertiary/aromatic N) is 1. The van der Waals surface area contributed by atoms with Crippen LogP contribution in [0.15, 0.2) is 48.7 Å². The summed E-state index contributed by atoms with van der Waals surface area (Å²) in [5.74, 6) is 2.98. The Morgan fingerprint density at radius 3 is 1.80 bits per heavy atom. The summed E-state index contributed by atoms with van der Waals surface area (Å²) in [7, 11) is 0. The highest BCUT2D eigenvalue weighted by molar-refractivity contribution is 5.73. The van der Waals surface area contributed by atoms with Gasteiger partial charge in [0.1, 0.15) is 0 Å². The molecule has 0 saturated heterocycles. The van der Waals surface area contributed by atoms with Gasteiger partial charge in [0, 0.05) is 24.7 Å². The van der Waals surface area contributed by atoms with Gasteiger partial charge in [-0.3, -0.25) is 9.78 Å². The molecular weight excluding hydrogens is 428 g/mol. The van der Waals surface area contributed by atoms with Crippen LogP contribution >= 0.6 is 0 Å². The predicted molar refractivity (Wildman–Crippen MR) is 154 cm³/mol. The van der Waals surface area contributed by atoms with Gasteiger partial charge in [-0.1, -0.05) is 100 Å². The van der Waals surface area contributed by atoms with Crippen molar-refractivity contribution in [2.24, 2.45) is 29.1 Å². The third-order valence-electron chi connectivity index (χ3n) is 5.43. The molecule has 0 aliphatic heterocycles. The van der Waals surface area contributed by atoms with Gasteiger partial charge in [-0.2, -0.15) is 0 Å². The largest absolute Gasteiger partial charge is 0.353 e. The molecule has 1 aromatic carbocycles. The third kappa shape index (κ3) is 16.2. The number of benzene rings is 1. The number of pyridine rings is 1. The van der Waals surface area contributed by atoms with E-state index < -0.39 is 0 Å². The summed E-state index contributed by atoms with van der Waals surface area (Å²) in [6.45, 7) is 25.8. The summed E-state index contributed by atoms with van der Waals surface area (Å²) in [5.41, 5.74) is 3.78. The van der Waals surface area contributed by atoms with Crippen molar-refractivity contribution >= 4 is 5.91 Å². The molecule has 1 atom stereocenters. The molecule has 1 N–H and O–H groups in total. The van der Waals surface area contributed by atoms with Crippen LogP contribution in [0.2, 0.25) is 0 Å². The molecule has 0 aliphatic rings. The van der Waals surface area contributed by atoms with E-state index in [0.29, 0.717) is 11.8 Å². The van der Waals surface area contributed by atoms with Crippen LogP contribution in [0.4, 0.5) is 0 Å². The number of hydrogen-bond acceptors (Lipinski definition) is 2. The Morgan fingerprint density at radius 2 is 1.46 bits per heavy atom. The molecular formula is C32H54N2O. The lowest BCUT2D eigenvalue weighted by atomic mass is 9.80. The highest BCUT2D eigenvalue weighted by atomic mass is 16.1. The molecule has 0 fully saturated rings. The highest BCUT2D eigenvalue weighted by Gasteiger charge is 2.27. The van der Waals surface area contributed by atoms with Gasteiger partial charge < -0.3 is 5.32 Å². The molecule has 1 aromatic heterocycles. The minimum atomic E-state index is 0.0589. The first-order chi connectivity index (χ1) is 16.1. The molecule has 1 amide bonds. The monoisotopic (exact) mass is 482 g/mol. The first-order valence-electron chi connectivity index (χ1n) is 13.4. The van der Waals surface area contributed by atoms with Gasteiger partial charge in [0.05, 0.1) is 5.69 Å². The Bertz CT molecular complexity index is 811. The maximum absolute atomic E-state index is 10.9. The summed E-state index contributed by atoms with van der Waals surface area (Å²) < 4.78 is 0. The van der Waals surface area contributed by atoms with E-state index in [1.54, 1.807) is 6.92 Å². The van der Waals surface area contributed by atoms with Crippen molar-refractivity contribution in [1.82, 2.24) is 10.3 Å². The van der Waals surface area contributed by atoms with Crippen LogP contribution in [0, 0.1) is 29.1 Å². The van der Waals surface area contributed by atoms with Gasteiger partial charge in [-0.25, -0.2) is 0 Å². The number of nitrogens with one attached hydrogen (secondary N) is 1. The van der Waals surface area contributed by atoms with Crippen LogP contribution in [0.5, 0.6) is 0 Å². The average molecular weight is 483 g/mol. The molecule has 2 rings (SSSR count). The fourth-order valence-electron chi connectivity index (χ4n) is 4.41. The van der Waals surface area contributed by atoms with Crippen molar-refractivity contribution in [2.45, 2.75) is 102 Å². The Morgan fingerprint density at radius 1 is 0.857 bits per heavy atom. The molecule has 0 bridgehead atoms. The molecule has 3 heteroatoms. The molecule has 0 radical (unpaired) electrons. The second kappa shape index (κ2) is 16.5. The van der Waals surface area contributed by atoms with Crippen LogP contribution in [0.3, 0.4) is 0 Å². The summed E-state index contributed by atoms with van der Waals surface area (Å²) in [4.78, 5) is 15.3. The molecule has 2 aromatic rings. The van der Waals surface area contributed by atoms with E-state index >= 15 is 0 Å². The second-order valence-electron chi connectivity index (χ2n) is 12.3. The van der Waals surface area contributed by atoms with E-state index in [4.69, 9.17) is 0 Å². The van der Waals surface area contributed by atoms with Crippen LogP contribution in [0.1, 0.15) is 95.1 Å². The maximum Gasteiger partial charge on any atom is 0.217 e. The molecule has 1 heterocycles. The topological polar surface area (TPSA) is 42.0 Å². The number of carbonyl (C=O) groups is 1. The number of rotatable bonds is 7. The summed E-state index contributed by atoms with van der Waals surface area (Å²) >= 11 is 0. The highest BCUT2D eigenvalue weighted by Crippen LogP contribution is 2.24. The predicted octanol–water partition coefficient (Wildman–Crippen LogP) is 8.83. The van der Waals surface area contributed by atoms with Crippen LogP contribution in [0.25, 0.3) is 11.3 Å². The van der Waals surface area contributed by atoms with Crippen molar-refractivity contribution in [3.05, 3.63) is 54.2 Å². The van der Waals surface area contributed by atoms with E-state index in [-0.39, 0.29) is 17.4 Å². The Kier molecular flexibility index (Phi) is 15.5. The quantitative estimate of drug-likeness (QED) is 0.428. The Hall–Kier alpha value is -2.16. The van der Waals surface area contributed by atoms with Crippen molar-refractivity contribution in [1.29, 1.82) is 0 Å². The van der Waals surface area contributed by atoms with Crippen LogP contribution < -0.4 is 5.32 Å². The molecule has 0 aliphatic carbocycles. The molecule has 0 saturated carbocycles. The lowest BCUT2D eigenvalue weighted by Crippen LogP contribution is -2.46. The second-order valence-corrected chi connectivity index (χ2v) is 12.3. The zero-order chi connectivity index (χ0) is 27.2. The number of aromatic nitrogens is 1. The van der Waals surface area contributed by atoms with Crippen molar-refractivity contribution in [3.8, 4) is 11.3 Å². The molecule has 3 nitrogen and oxygen atoms in total. The normalized spacial score (nSPS) is 12.1. The minimum Gasteiger partial charge on any atom is -0.353 e. The smallest absolute Gasteiger partial charge is 0.217 e. The van der Waals surface area contributed by atoms with E-state index in [1.165, 1.54) is 17.5 Å². The first kappa shape index (κ1) is 32.8. The van der Waals surface area contributed by atoms with Gasteiger partial charge >= 0.3 is 0 Å². The van der Waals surface area contributed by atoms with Gasteiger partial charge in [0.25, 0.3) is 0 Å². The van der Waals surface area contributed by atoms with E-state index in [2.05, 4.69) is 117 Å². The average Bonchev–Trinajstić information content (AvgIpc) is 2.71. The number of carbonyl (C=O) groups excluding carboxylic acids is 1. The number of hydrogen-bond donors (Lipinski definition) is 1. The Labute approximate surface area is 217 Å². The standard InChI is InChI=1S/C15H17N.C10H21NO.C7H16/c1-12(2)10-13-6-5-7-14(11-13)15-8-3-4-9-16-15;1-7(2)9(10(4,5)6)11-8(3)12;1-6(2)5-7(3)4/h3-9,11-12H,10H2,1-2H3;7,9H,1-6H3,(H,11,12);6-7H,5H2,1-4H3. The summed E-state index contributed by atoms with van der Waals surface area (Å²) in [5, 5.41) is 2.98. The van der Waals surface area contributed by atoms with Crippen molar-refractivity contribution < 1.29 is 4.79 Å². The van der Waals surface area contributed by atoms with Crippen molar-refractivity contribution in [2.75, 3.05) is 0 Å².